The quantitative estimate of drug-likeness (QED) is 0.637. The second-order valence-corrected chi connectivity index (χ2v) is 7.17. The number of aryl methyl sites for hydroxylation is 1. The summed E-state index contributed by atoms with van der Waals surface area (Å²) in [5, 5.41) is 4.31. The van der Waals surface area contributed by atoms with E-state index in [1.165, 1.54) is 21.5 Å². The van der Waals surface area contributed by atoms with Gasteiger partial charge in [-0.25, -0.2) is 0 Å². The van der Waals surface area contributed by atoms with Crippen molar-refractivity contribution in [3.63, 3.8) is 0 Å². The van der Waals surface area contributed by atoms with Crippen molar-refractivity contribution in [1.29, 1.82) is 0 Å². The summed E-state index contributed by atoms with van der Waals surface area (Å²) in [6.07, 6.45) is 1.08. The second kappa shape index (κ2) is 6.70. The molecular weight excluding hydrogens is 271 g/mol. The van der Waals surface area contributed by atoms with Crippen molar-refractivity contribution in [2.24, 2.45) is 0 Å². The summed E-state index contributed by atoms with van der Waals surface area (Å²) >= 11 is 0. The third-order valence-corrected chi connectivity index (χ3v) is 6.19. The van der Waals surface area contributed by atoms with Crippen LogP contribution >= 0.6 is 7.92 Å². The molecule has 0 unspecified atom stereocenters. The molecule has 0 fully saturated rings. The molecular formula is C20H19P. The largest absolute Gasteiger partial charge is 0.0622 e. The summed E-state index contributed by atoms with van der Waals surface area (Å²) in [6.45, 7) is 2.24. The zero-order chi connectivity index (χ0) is 14.5. The number of rotatable bonds is 4. The molecule has 0 aliphatic heterocycles. The SMILES string of the molecule is CCc1ccccc1P(c1ccccc1)c1ccccc1. The van der Waals surface area contributed by atoms with Gasteiger partial charge >= 0.3 is 0 Å². The first-order valence-corrected chi connectivity index (χ1v) is 8.72. The van der Waals surface area contributed by atoms with Crippen LogP contribution in [0.15, 0.2) is 84.9 Å². The van der Waals surface area contributed by atoms with E-state index in [0.29, 0.717) is 0 Å². The monoisotopic (exact) mass is 290 g/mol. The number of hydrogen-bond acceptors (Lipinski definition) is 0. The normalized spacial score (nSPS) is 10.8. The van der Waals surface area contributed by atoms with E-state index in [0.717, 1.165) is 6.42 Å². The average Bonchev–Trinajstić information content (AvgIpc) is 2.58. The van der Waals surface area contributed by atoms with Gasteiger partial charge < -0.3 is 0 Å². The van der Waals surface area contributed by atoms with Gasteiger partial charge in [-0.1, -0.05) is 91.9 Å². The van der Waals surface area contributed by atoms with Crippen LogP contribution in [0.5, 0.6) is 0 Å². The zero-order valence-electron chi connectivity index (χ0n) is 12.2. The highest BCUT2D eigenvalue weighted by Gasteiger charge is 2.18. The van der Waals surface area contributed by atoms with Crippen LogP contribution in [-0.4, -0.2) is 0 Å². The van der Waals surface area contributed by atoms with Crippen LogP contribution in [0, 0.1) is 0 Å². The smallest absolute Gasteiger partial charge is 0.0119 e. The van der Waals surface area contributed by atoms with Gasteiger partial charge in [0.2, 0.25) is 0 Å². The molecule has 0 spiro atoms. The van der Waals surface area contributed by atoms with E-state index >= 15 is 0 Å². The summed E-state index contributed by atoms with van der Waals surface area (Å²) in [5.74, 6) is 0. The van der Waals surface area contributed by atoms with Crippen molar-refractivity contribution >= 4 is 23.8 Å². The van der Waals surface area contributed by atoms with Crippen LogP contribution in [0.25, 0.3) is 0 Å². The Bertz CT molecular complexity index is 650. The minimum atomic E-state index is -0.473. The third kappa shape index (κ3) is 3.06. The lowest BCUT2D eigenvalue weighted by atomic mass is 10.2. The molecule has 104 valence electrons. The standard InChI is InChI=1S/C20H19P/c1-2-17-11-9-10-16-20(17)21(18-12-5-3-6-13-18)19-14-7-4-8-15-19/h3-16H,2H2,1H3. The van der Waals surface area contributed by atoms with Crippen LogP contribution in [0.1, 0.15) is 12.5 Å². The van der Waals surface area contributed by atoms with Crippen molar-refractivity contribution in [2.45, 2.75) is 13.3 Å². The van der Waals surface area contributed by atoms with Crippen LogP contribution < -0.4 is 15.9 Å². The molecule has 0 aliphatic rings. The molecule has 1 heteroatoms. The topological polar surface area (TPSA) is 0 Å². The van der Waals surface area contributed by atoms with Crippen LogP contribution in [-0.2, 0) is 6.42 Å². The Kier molecular flexibility index (Phi) is 4.48. The van der Waals surface area contributed by atoms with Crippen molar-refractivity contribution in [3.05, 3.63) is 90.5 Å². The first-order chi connectivity index (χ1) is 10.4. The molecule has 3 aromatic carbocycles. The molecule has 0 atom stereocenters. The Hall–Kier alpha value is -1.91. The molecule has 0 nitrogen and oxygen atoms in total. The molecule has 0 saturated carbocycles. The van der Waals surface area contributed by atoms with E-state index in [4.69, 9.17) is 0 Å². The van der Waals surface area contributed by atoms with Gasteiger partial charge in [0, 0.05) is 0 Å². The Labute approximate surface area is 128 Å². The van der Waals surface area contributed by atoms with Gasteiger partial charge in [0.05, 0.1) is 0 Å². The maximum Gasteiger partial charge on any atom is -0.0119 e. The molecule has 0 radical (unpaired) electrons. The summed E-state index contributed by atoms with van der Waals surface area (Å²) in [5.41, 5.74) is 1.45. The predicted molar refractivity (Wildman–Crippen MR) is 94.5 cm³/mol. The Morgan fingerprint density at radius 3 is 1.62 bits per heavy atom. The van der Waals surface area contributed by atoms with Gasteiger partial charge in [0.25, 0.3) is 0 Å². The fraction of sp³-hybridized carbons (Fsp3) is 0.100. The van der Waals surface area contributed by atoms with Crippen LogP contribution in [0.2, 0.25) is 0 Å². The molecule has 21 heavy (non-hydrogen) atoms. The van der Waals surface area contributed by atoms with Gasteiger partial charge in [-0.15, -0.1) is 0 Å². The highest BCUT2D eigenvalue weighted by molar-refractivity contribution is 7.79. The van der Waals surface area contributed by atoms with Crippen LogP contribution in [0.3, 0.4) is 0 Å². The van der Waals surface area contributed by atoms with Crippen molar-refractivity contribution in [1.82, 2.24) is 0 Å². The average molecular weight is 290 g/mol. The fourth-order valence-electron chi connectivity index (χ4n) is 2.61. The lowest BCUT2D eigenvalue weighted by Crippen LogP contribution is -2.22. The summed E-state index contributed by atoms with van der Waals surface area (Å²) in [4.78, 5) is 0. The summed E-state index contributed by atoms with van der Waals surface area (Å²) in [7, 11) is -0.473. The molecule has 0 aromatic heterocycles. The van der Waals surface area contributed by atoms with Crippen LogP contribution in [0.4, 0.5) is 0 Å². The molecule has 0 amide bonds. The van der Waals surface area contributed by atoms with Crippen molar-refractivity contribution in [3.8, 4) is 0 Å². The van der Waals surface area contributed by atoms with Gasteiger partial charge in [-0.05, 0) is 35.8 Å². The first kappa shape index (κ1) is 14.0. The summed E-state index contributed by atoms with van der Waals surface area (Å²) in [6, 6.07) is 30.6. The van der Waals surface area contributed by atoms with Gasteiger partial charge in [-0.2, -0.15) is 0 Å². The molecule has 0 heterocycles. The second-order valence-electron chi connectivity index (χ2n) is 4.99. The minimum absolute atomic E-state index is 0.473. The summed E-state index contributed by atoms with van der Waals surface area (Å²) < 4.78 is 0. The Morgan fingerprint density at radius 2 is 1.10 bits per heavy atom. The predicted octanol–water partition coefficient (Wildman–Crippen LogP) is 4.01. The highest BCUT2D eigenvalue weighted by atomic mass is 31.1. The lowest BCUT2D eigenvalue weighted by Gasteiger charge is -2.21. The van der Waals surface area contributed by atoms with E-state index in [1.54, 1.807) is 0 Å². The number of benzene rings is 3. The van der Waals surface area contributed by atoms with Crippen molar-refractivity contribution in [2.75, 3.05) is 0 Å². The Balaban J connectivity index is 2.17. The van der Waals surface area contributed by atoms with Gasteiger partial charge in [-0.3, -0.25) is 0 Å². The maximum absolute atomic E-state index is 2.30. The Morgan fingerprint density at radius 1 is 0.619 bits per heavy atom. The third-order valence-electron chi connectivity index (χ3n) is 3.64. The van der Waals surface area contributed by atoms with Crippen molar-refractivity contribution < 1.29 is 0 Å². The molecule has 0 saturated heterocycles. The number of hydrogen-bond donors (Lipinski definition) is 0. The van der Waals surface area contributed by atoms with Gasteiger partial charge in [0.15, 0.2) is 0 Å². The molecule has 0 bridgehead atoms. The molecule has 3 aromatic rings. The first-order valence-electron chi connectivity index (χ1n) is 7.38. The van der Waals surface area contributed by atoms with E-state index in [1.807, 2.05) is 0 Å². The minimum Gasteiger partial charge on any atom is -0.0622 e. The fourth-order valence-corrected chi connectivity index (χ4v) is 5.16. The van der Waals surface area contributed by atoms with E-state index in [9.17, 15) is 0 Å². The lowest BCUT2D eigenvalue weighted by molar-refractivity contribution is 1.15. The van der Waals surface area contributed by atoms with E-state index in [-0.39, 0.29) is 0 Å². The molecule has 0 N–H and O–H groups in total. The molecule has 3 rings (SSSR count). The maximum atomic E-state index is 2.30. The zero-order valence-corrected chi connectivity index (χ0v) is 13.1. The highest BCUT2D eigenvalue weighted by Crippen LogP contribution is 2.33. The van der Waals surface area contributed by atoms with E-state index in [2.05, 4.69) is 91.9 Å². The van der Waals surface area contributed by atoms with Gasteiger partial charge in [0.1, 0.15) is 0 Å². The van der Waals surface area contributed by atoms with E-state index < -0.39 is 7.92 Å². The molecule has 0 aliphatic carbocycles.